The minimum Gasteiger partial charge on any atom is -0.461 e. The molecule has 24 heavy (non-hydrogen) atoms. The molecular weight excluding hydrogens is 332 g/mol. The van der Waals surface area contributed by atoms with Gasteiger partial charge >= 0.3 is 5.97 Å². The molecule has 1 aromatic carbocycles. The van der Waals surface area contributed by atoms with Gasteiger partial charge in [0, 0.05) is 16.1 Å². The maximum atomic E-state index is 12.2. The molecule has 3 rings (SSSR count). The van der Waals surface area contributed by atoms with E-state index in [1.807, 2.05) is 6.07 Å². The second kappa shape index (κ2) is 6.18. The summed E-state index contributed by atoms with van der Waals surface area (Å²) in [7, 11) is 0. The first-order valence-electron chi connectivity index (χ1n) is 7.00. The molecule has 0 atom stereocenters. The molecule has 0 saturated heterocycles. The number of nitriles is 1. The molecule has 7 nitrogen and oxygen atoms in total. The van der Waals surface area contributed by atoms with Crippen LogP contribution in [0.5, 0.6) is 0 Å². The van der Waals surface area contributed by atoms with Crippen LogP contribution in [0.15, 0.2) is 28.7 Å². The number of ether oxygens (including phenoxy) is 1. The summed E-state index contributed by atoms with van der Waals surface area (Å²) >= 11 is 6.25. The van der Waals surface area contributed by atoms with Crippen molar-refractivity contribution in [2.45, 2.75) is 6.92 Å². The van der Waals surface area contributed by atoms with Crippen LogP contribution in [0.1, 0.15) is 23.0 Å². The van der Waals surface area contributed by atoms with Crippen LogP contribution in [0.25, 0.3) is 22.2 Å². The lowest BCUT2D eigenvalue weighted by molar-refractivity contribution is 0.0521. The predicted molar refractivity (Wildman–Crippen MR) is 85.3 cm³/mol. The van der Waals surface area contributed by atoms with Gasteiger partial charge < -0.3 is 9.15 Å². The second-order valence-electron chi connectivity index (χ2n) is 4.77. The van der Waals surface area contributed by atoms with Crippen molar-refractivity contribution in [2.75, 3.05) is 6.61 Å². The van der Waals surface area contributed by atoms with Gasteiger partial charge in [-0.05, 0) is 13.0 Å². The van der Waals surface area contributed by atoms with Crippen molar-refractivity contribution < 1.29 is 13.9 Å². The number of nitrogens with one attached hydrogen (secondary N) is 2. The van der Waals surface area contributed by atoms with Gasteiger partial charge in [0.25, 0.3) is 0 Å². The van der Waals surface area contributed by atoms with E-state index in [0.29, 0.717) is 16.1 Å². The third-order valence-electron chi connectivity index (χ3n) is 3.39. The molecule has 0 spiro atoms. The lowest BCUT2D eigenvalue weighted by Crippen LogP contribution is -2.10. The molecule has 0 aliphatic heterocycles. The lowest BCUT2D eigenvalue weighted by Gasteiger charge is -2.09. The number of fused-ring (bicyclic) bond motifs is 1. The van der Waals surface area contributed by atoms with Crippen molar-refractivity contribution in [1.82, 2.24) is 10.2 Å². The zero-order valence-electron chi connectivity index (χ0n) is 12.5. The van der Waals surface area contributed by atoms with E-state index in [1.165, 1.54) is 0 Å². The van der Waals surface area contributed by atoms with Gasteiger partial charge in [-0.15, -0.1) is 5.10 Å². The fourth-order valence-corrected chi connectivity index (χ4v) is 2.64. The summed E-state index contributed by atoms with van der Waals surface area (Å²) in [5, 5.41) is 24.5. The molecule has 2 N–H and O–H groups in total. The van der Waals surface area contributed by atoms with Crippen molar-refractivity contribution in [1.29, 1.82) is 10.7 Å². The highest BCUT2D eigenvalue weighted by molar-refractivity contribution is 6.34. The van der Waals surface area contributed by atoms with Gasteiger partial charge in [-0.3, -0.25) is 10.5 Å². The molecular formula is C16H11ClN4O3. The van der Waals surface area contributed by atoms with E-state index in [0.717, 1.165) is 0 Å². The molecule has 0 unspecified atom stereocenters. The molecule has 3 aromatic rings. The van der Waals surface area contributed by atoms with E-state index >= 15 is 0 Å². The van der Waals surface area contributed by atoms with Gasteiger partial charge in [0.1, 0.15) is 11.6 Å². The minimum absolute atomic E-state index is 0.0250. The van der Waals surface area contributed by atoms with Gasteiger partial charge in [0.05, 0.1) is 12.0 Å². The Balaban J connectivity index is 2.47. The third kappa shape index (κ3) is 2.43. The Kier molecular flexibility index (Phi) is 4.06. The van der Waals surface area contributed by atoms with Gasteiger partial charge in [-0.25, -0.2) is 4.79 Å². The van der Waals surface area contributed by atoms with Crippen LogP contribution < -0.4 is 5.55 Å². The van der Waals surface area contributed by atoms with Crippen molar-refractivity contribution in [3.05, 3.63) is 46.1 Å². The molecule has 0 radical (unpaired) electrons. The first-order valence-corrected chi connectivity index (χ1v) is 7.38. The molecule has 0 bridgehead atoms. The predicted octanol–water partition coefficient (Wildman–Crippen LogP) is 3.00. The number of hydrogen-bond acceptors (Lipinski definition) is 6. The summed E-state index contributed by atoms with van der Waals surface area (Å²) in [6.07, 6.45) is 0. The number of aromatic amines is 1. The Morgan fingerprint density at radius 2 is 2.25 bits per heavy atom. The Labute approximate surface area is 140 Å². The monoisotopic (exact) mass is 342 g/mol. The third-order valence-corrected chi connectivity index (χ3v) is 3.72. The largest absolute Gasteiger partial charge is 0.461 e. The molecule has 2 heterocycles. The van der Waals surface area contributed by atoms with E-state index in [-0.39, 0.29) is 34.5 Å². The van der Waals surface area contributed by atoms with E-state index < -0.39 is 5.97 Å². The number of esters is 1. The number of nitrogens with zero attached hydrogens (tertiary/aromatic N) is 2. The molecule has 2 aromatic heterocycles. The summed E-state index contributed by atoms with van der Waals surface area (Å²) < 4.78 is 10.3. The van der Waals surface area contributed by atoms with E-state index in [1.54, 1.807) is 31.2 Å². The summed E-state index contributed by atoms with van der Waals surface area (Å²) in [5.74, 6) is -0.634. The van der Waals surface area contributed by atoms with Crippen LogP contribution in [0.3, 0.4) is 0 Å². The first-order chi connectivity index (χ1) is 11.6. The summed E-state index contributed by atoms with van der Waals surface area (Å²) in [6.45, 7) is 1.86. The van der Waals surface area contributed by atoms with Crippen LogP contribution in [0.4, 0.5) is 0 Å². The summed E-state index contributed by atoms with van der Waals surface area (Å²) in [4.78, 5) is 12.2. The van der Waals surface area contributed by atoms with E-state index in [2.05, 4.69) is 10.2 Å². The fraction of sp³-hybridized carbons (Fsp3) is 0.125. The molecule has 0 amide bonds. The Morgan fingerprint density at radius 3 is 2.92 bits per heavy atom. The van der Waals surface area contributed by atoms with Crippen molar-refractivity contribution in [3.63, 3.8) is 0 Å². The number of carbonyl (C=O) groups is 1. The number of rotatable bonds is 3. The highest BCUT2D eigenvalue weighted by atomic mass is 35.5. The average Bonchev–Trinajstić information content (AvgIpc) is 2.98. The van der Waals surface area contributed by atoms with Crippen molar-refractivity contribution >= 4 is 28.7 Å². The molecule has 0 aliphatic rings. The van der Waals surface area contributed by atoms with Crippen LogP contribution in [-0.2, 0) is 4.74 Å². The zero-order valence-corrected chi connectivity index (χ0v) is 13.3. The maximum Gasteiger partial charge on any atom is 0.357 e. The van der Waals surface area contributed by atoms with Gasteiger partial charge in [-0.2, -0.15) is 5.26 Å². The van der Waals surface area contributed by atoms with Crippen LogP contribution in [-0.4, -0.2) is 22.8 Å². The Morgan fingerprint density at radius 1 is 1.50 bits per heavy atom. The van der Waals surface area contributed by atoms with Crippen molar-refractivity contribution in [3.8, 4) is 17.2 Å². The normalized spacial score (nSPS) is 10.5. The topological polar surface area (TPSA) is 116 Å². The van der Waals surface area contributed by atoms with Gasteiger partial charge in [-0.1, -0.05) is 29.8 Å². The number of benzene rings is 1. The maximum absolute atomic E-state index is 12.2. The SMILES string of the molecule is CCOC(=O)c1[nH]nc2oc(=N)c(C#N)c(-c3ccccc3Cl)c12. The minimum atomic E-state index is -0.634. The van der Waals surface area contributed by atoms with Crippen molar-refractivity contribution in [2.24, 2.45) is 0 Å². The lowest BCUT2D eigenvalue weighted by atomic mass is 9.98. The van der Waals surface area contributed by atoms with Gasteiger partial charge in [0.2, 0.25) is 11.3 Å². The van der Waals surface area contributed by atoms with E-state index in [9.17, 15) is 10.1 Å². The smallest absolute Gasteiger partial charge is 0.357 e. The van der Waals surface area contributed by atoms with Crippen LogP contribution >= 0.6 is 11.6 Å². The molecule has 8 heteroatoms. The number of H-pyrrole nitrogens is 1. The standard InChI is InChI=1S/C16H11ClN4O3/c1-2-23-16(22)13-12-11(8-5-3-4-6-10(8)17)9(7-18)14(19)24-15(12)21-20-13/h3-6,19H,2H2,1H3,(H,20,21). The fourth-order valence-electron chi connectivity index (χ4n) is 2.41. The number of hydrogen-bond donors (Lipinski definition) is 2. The molecule has 0 aliphatic carbocycles. The Bertz CT molecular complexity index is 1050. The van der Waals surface area contributed by atoms with E-state index in [4.69, 9.17) is 26.2 Å². The molecule has 0 fully saturated rings. The molecule has 0 saturated carbocycles. The van der Waals surface area contributed by atoms with Crippen LogP contribution in [0, 0.1) is 16.7 Å². The van der Waals surface area contributed by atoms with Crippen LogP contribution in [0.2, 0.25) is 5.02 Å². The highest BCUT2D eigenvalue weighted by Crippen LogP contribution is 2.35. The highest BCUT2D eigenvalue weighted by Gasteiger charge is 2.25. The zero-order chi connectivity index (χ0) is 17.3. The Hall–Kier alpha value is -3.11. The number of halogens is 1. The average molecular weight is 343 g/mol. The quantitative estimate of drug-likeness (QED) is 0.710. The summed E-state index contributed by atoms with van der Waals surface area (Å²) in [6, 6.07) is 8.77. The first kappa shape index (κ1) is 15.8. The number of aromatic nitrogens is 2. The molecule has 120 valence electrons. The summed E-state index contributed by atoms with van der Waals surface area (Å²) in [5.41, 5.74) is 0.478. The second-order valence-corrected chi connectivity index (χ2v) is 5.18. The number of carbonyl (C=O) groups excluding carboxylic acids is 1. The van der Waals surface area contributed by atoms with Gasteiger partial charge in [0.15, 0.2) is 5.69 Å².